The summed E-state index contributed by atoms with van der Waals surface area (Å²) in [5.74, 6) is -0.526. The van der Waals surface area contributed by atoms with Crippen LogP contribution in [0.4, 0.5) is 19.0 Å². The molecule has 2 aromatic rings. The van der Waals surface area contributed by atoms with E-state index in [1.807, 2.05) is 0 Å². The number of ether oxygens (including phenoxy) is 1. The van der Waals surface area contributed by atoms with Crippen LogP contribution in [0.1, 0.15) is 42.3 Å². The predicted molar refractivity (Wildman–Crippen MR) is 104 cm³/mol. The number of carbonyl (C=O) groups excluding carboxylic acids is 2. The van der Waals surface area contributed by atoms with Crippen molar-refractivity contribution in [2.75, 3.05) is 11.9 Å². The summed E-state index contributed by atoms with van der Waals surface area (Å²) in [6.07, 6.45) is -1.69. The summed E-state index contributed by atoms with van der Waals surface area (Å²) in [6, 6.07) is 4.33. The smallest absolute Gasteiger partial charge is 0.422 e. The summed E-state index contributed by atoms with van der Waals surface area (Å²) in [6.45, 7) is 5.64. The van der Waals surface area contributed by atoms with Crippen molar-refractivity contribution in [3.63, 3.8) is 0 Å². The van der Waals surface area contributed by atoms with Crippen LogP contribution in [0.2, 0.25) is 0 Å². The number of aryl methyl sites for hydroxylation is 1. The molecule has 0 aromatic carbocycles. The number of carbonyl (C=O) groups is 2. The van der Waals surface area contributed by atoms with E-state index in [4.69, 9.17) is 0 Å². The van der Waals surface area contributed by atoms with E-state index in [2.05, 4.69) is 25.3 Å². The molecular formula is C20H23F3N4O3. The molecule has 0 bridgehead atoms. The Morgan fingerprint density at radius 1 is 1.13 bits per heavy atom. The molecular weight excluding hydrogens is 401 g/mol. The number of alkyl halides is 3. The third kappa shape index (κ3) is 7.02. The van der Waals surface area contributed by atoms with Gasteiger partial charge in [0.25, 0.3) is 5.91 Å². The Labute approximate surface area is 172 Å². The van der Waals surface area contributed by atoms with Crippen molar-refractivity contribution in [1.82, 2.24) is 15.3 Å². The lowest BCUT2D eigenvalue weighted by Crippen LogP contribution is -2.28. The maximum absolute atomic E-state index is 12.4. The number of amides is 2. The van der Waals surface area contributed by atoms with Crippen LogP contribution in [-0.4, -0.2) is 34.6 Å². The fraction of sp³-hybridized carbons (Fsp3) is 0.400. The zero-order chi connectivity index (χ0) is 22.5. The molecule has 0 aliphatic heterocycles. The molecule has 10 heteroatoms. The van der Waals surface area contributed by atoms with Gasteiger partial charge in [0.05, 0.1) is 0 Å². The van der Waals surface area contributed by atoms with Crippen molar-refractivity contribution in [2.24, 2.45) is 5.41 Å². The van der Waals surface area contributed by atoms with E-state index in [0.29, 0.717) is 16.7 Å². The van der Waals surface area contributed by atoms with Gasteiger partial charge >= 0.3 is 6.18 Å². The van der Waals surface area contributed by atoms with Gasteiger partial charge in [0.1, 0.15) is 5.82 Å². The van der Waals surface area contributed by atoms with E-state index in [9.17, 15) is 22.8 Å². The molecule has 0 radical (unpaired) electrons. The number of pyridine rings is 2. The molecule has 0 fully saturated rings. The van der Waals surface area contributed by atoms with Gasteiger partial charge in [-0.3, -0.25) is 9.59 Å². The highest BCUT2D eigenvalue weighted by molar-refractivity contribution is 5.97. The average Bonchev–Trinajstić information content (AvgIpc) is 2.64. The topological polar surface area (TPSA) is 93.2 Å². The monoisotopic (exact) mass is 424 g/mol. The van der Waals surface area contributed by atoms with Crippen LogP contribution in [0.15, 0.2) is 30.6 Å². The van der Waals surface area contributed by atoms with Crippen molar-refractivity contribution < 1.29 is 27.5 Å². The summed E-state index contributed by atoms with van der Waals surface area (Å²) in [4.78, 5) is 32.4. The molecule has 2 N–H and O–H groups in total. The van der Waals surface area contributed by atoms with Crippen molar-refractivity contribution in [1.29, 1.82) is 0 Å². The van der Waals surface area contributed by atoms with Gasteiger partial charge in [-0.1, -0.05) is 20.8 Å². The molecule has 0 spiro atoms. The molecule has 0 aliphatic rings. The second-order valence-corrected chi connectivity index (χ2v) is 7.67. The number of halogens is 3. The Kier molecular flexibility index (Phi) is 7.01. The molecule has 7 nitrogen and oxygen atoms in total. The Morgan fingerprint density at radius 2 is 1.83 bits per heavy atom. The second kappa shape index (κ2) is 9.10. The Hall–Kier alpha value is -3.17. The summed E-state index contributed by atoms with van der Waals surface area (Å²) in [7, 11) is 0. The summed E-state index contributed by atoms with van der Waals surface area (Å²) in [5.41, 5.74) is 0.929. The number of nitrogens with zero attached hydrogens (tertiary/aromatic N) is 2. The van der Waals surface area contributed by atoms with Crippen LogP contribution in [0.5, 0.6) is 5.88 Å². The SMILES string of the molecule is Cc1cc(OCC(F)(F)F)ncc1CNC(=O)c1ccnc(NC(=O)C(C)(C)C)c1. The Morgan fingerprint density at radius 3 is 2.43 bits per heavy atom. The van der Waals surface area contributed by atoms with E-state index in [0.717, 1.165) is 0 Å². The number of hydrogen-bond donors (Lipinski definition) is 2. The molecule has 0 saturated heterocycles. The zero-order valence-electron chi connectivity index (χ0n) is 17.1. The van der Waals surface area contributed by atoms with Crippen molar-refractivity contribution in [2.45, 2.75) is 40.4 Å². The largest absolute Gasteiger partial charge is 0.468 e. The van der Waals surface area contributed by atoms with E-state index >= 15 is 0 Å². The lowest BCUT2D eigenvalue weighted by atomic mass is 9.96. The molecule has 2 amide bonds. The van der Waals surface area contributed by atoms with E-state index in [1.165, 1.54) is 30.6 Å². The van der Waals surface area contributed by atoms with Gasteiger partial charge in [-0.25, -0.2) is 9.97 Å². The summed E-state index contributed by atoms with van der Waals surface area (Å²) >= 11 is 0. The summed E-state index contributed by atoms with van der Waals surface area (Å²) < 4.78 is 41.3. The van der Waals surface area contributed by atoms with Crippen molar-refractivity contribution in [3.05, 3.63) is 47.3 Å². The first-order chi connectivity index (χ1) is 13.8. The van der Waals surface area contributed by atoms with Gasteiger partial charge in [0, 0.05) is 36.0 Å². The third-order valence-corrected chi connectivity index (χ3v) is 3.96. The van der Waals surface area contributed by atoms with Crippen LogP contribution < -0.4 is 15.4 Å². The fourth-order valence-electron chi connectivity index (χ4n) is 2.20. The van der Waals surface area contributed by atoms with Crippen LogP contribution >= 0.6 is 0 Å². The van der Waals surface area contributed by atoms with Gasteiger partial charge in [0.2, 0.25) is 11.8 Å². The van der Waals surface area contributed by atoms with E-state index < -0.39 is 24.1 Å². The minimum atomic E-state index is -4.45. The minimum absolute atomic E-state index is 0.114. The molecule has 0 aliphatic carbocycles. The fourth-order valence-corrected chi connectivity index (χ4v) is 2.20. The zero-order valence-corrected chi connectivity index (χ0v) is 17.1. The lowest BCUT2D eigenvalue weighted by Gasteiger charge is -2.17. The maximum Gasteiger partial charge on any atom is 0.422 e. The predicted octanol–water partition coefficient (Wildman–Crippen LogP) is 3.64. The molecule has 2 aromatic heterocycles. The van der Waals surface area contributed by atoms with Crippen LogP contribution in [0.25, 0.3) is 0 Å². The van der Waals surface area contributed by atoms with E-state index in [1.54, 1.807) is 27.7 Å². The molecule has 0 saturated carbocycles. The van der Waals surface area contributed by atoms with Gasteiger partial charge in [-0.2, -0.15) is 13.2 Å². The highest BCUT2D eigenvalue weighted by atomic mass is 19.4. The van der Waals surface area contributed by atoms with Crippen LogP contribution in [0, 0.1) is 12.3 Å². The molecule has 2 heterocycles. The normalized spacial score (nSPS) is 11.7. The minimum Gasteiger partial charge on any atom is -0.468 e. The Balaban J connectivity index is 1.99. The van der Waals surface area contributed by atoms with Gasteiger partial charge in [-0.05, 0) is 30.2 Å². The quantitative estimate of drug-likeness (QED) is 0.739. The lowest BCUT2D eigenvalue weighted by molar-refractivity contribution is -0.154. The number of nitrogens with one attached hydrogen (secondary N) is 2. The van der Waals surface area contributed by atoms with Crippen molar-refractivity contribution in [3.8, 4) is 5.88 Å². The first-order valence-electron chi connectivity index (χ1n) is 9.06. The van der Waals surface area contributed by atoms with Crippen LogP contribution in [0.3, 0.4) is 0 Å². The number of rotatable bonds is 6. The maximum atomic E-state index is 12.4. The molecule has 0 unspecified atom stereocenters. The summed E-state index contributed by atoms with van der Waals surface area (Å²) in [5, 5.41) is 5.36. The van der Waals surface area contributed by atoms with Gasteiger partial charge in [-0.15, -0.1) is 0 Å². The first kappa shape index (κ1) is 23.1. The highest BCUT2D eigenvalue weighted by Crippen LogP contribution is 2.19. The highest BCUT2D eigenvalue weighted by Gasteiger charge is 2.28. The standard InChI is InChI=1S/C20H23F3N4O3/c1-12-7-16(30-11-20(21,22)23)25-9-14(12)10-26-17(28)13-5-6-24-15(8-13)27-18(29)19(2,3)4/h5-9H,10-11H2,1-4H3,(H,26,28)(H,24,27,29). The molecule has 162 valence electrons. The van der Waals surface area contributed by atoms with Crippen LogP contribution in [-0.2, 0) is 11.3 Å². The molecule has 0 atom stereocenters. The number of hydrogen-bond acceptors (Lipinski definition) is 5. The first-order valence-corrected chi connectivity index (χ1v) is 9.06. The Bertz CT molecular complexity index is 924. The third-order valence-electron chi connectivity index (χ3n) is 3.96. The van der Waals surface area contributed by atoms with Gasteiger partial charge in [0.15, 0.2) is 6.61 Å². The van der Waals surface area contributed by atoms with Gasteiger partial charge < -0.3 is 15.4 Å². The number of aromatic nitrogens is 2. The molecule has 2 rings (SSSR count). The van der Waals surface area contributed by atoms with E-state index in [-0.39, 0.29) is 24.1 Å². The average molecular weight is 424 g/mol. The molecule has 30 heavy (non-hydrogen) atoms. The second-order valence-electron chi connectivity index (χ2n) is 7.67. The van der Waals surface area contributed by atoms with Crippen molar-refractivity contribution >= 4 is 17.6 Å². The number of anilines is 1.